The fourth-order valence-electron chi connectivity index (χ4n) is 3.27. The minimum atomic E-state index is -0.338. The predicted octanol–water partition coefficient (Wildman–Crippen LogP) is 1.62. The molecule has 2 aliphatic heterocycles. The molecule has 142 valence electrons. The molecule has 0 radical (unpaired) electrons. The summed E-state index contributed by atoms with van der Waals surface area (Å²) in [6, 6.07) is 2.01. The molecule has 7 nitrogen and oxygen atoms in total. The van der Waals surface area contributed by atoms with Gasteiger partial charge in [-0.1, -0.05) is 24.0 Å². The Balaban J connectivity index is 2.22. The molecule has 3 rings (SSSR count). The van der Waals surface area contributed by atoms with Gasteiger partial charge in [0.25, 0.3) is 11.5 Å². The Morgan fingerprint density at radius 2 is 2.00 bits per heavy atom. The van der Waals surface area contributed by atoms with E-state index in [-0.39, 0.29) is 17.0 Å². The van der Waals surface area contributed by atoms with Crippen molar-refractivity contribution in [2.24, 2.45) is 7.05 Å². The average molecular weight is 405 g/mol. The summed E-state index contributed by atoms with van der Waals surface area (Å²) in [5.74, 6) is 0.550. The molecular weight excluding hydrogens is 384 g/mol. The van der Waals surface area contributed by atoms with E-state index in [0.717, 1.165) is 0 Å². The normalized spacial score (nSPS) is 19.1. The van der Waals surface area contributed by atoms with Crippen molar-refractivity contribution in [1.82, 2.24) is 9.47 Å². The quantitative estimate of drug-likeness (QED) is 0.560. The van der Waals surface area contributed by atoms with Gasteiger partial charge >= 0.3 is 0 Å². The molecule has 0 unspecified atom stereocenters. The second kappa shape index (κ2) is 7.84. The third-order valence-electron chi connectivity index (χ3n) is 4.74. The lowest BCUT2D eigenvalue weighted by Crippen LogP contribution is -2.40. The number of carbonyl (C=O) groups is 1. The third kappa shape index (κ3) is 3.40. The van der Waals surface area contributed by atoms with E-state index < -0.39 is 0 Å². The van der Waals surface area contributed by atoms with Crippen LogP contribution in [0.1, 0.15) is 23.6 Å². The molecule has 0 aliphatic carbocycles. The fourth-order valence-corrected chi connectivity index (χ4v) is 4.64. The number of carbonyl (C=O) groups excluding carboxylic acids is 1. The summed E-state index contributed by atoms with van der Waals surface area (Å²) < 4.78 is 7.43. The Bertz CT molecular complexity index is 939. The number of thiocarbonyl (C=S) groups is 1. The van der Waals surface area contributed by atoms with Crippen LogP contribution in [0.3, 0.4) is 0 Å². The average Bonchev–Trinajstić information content (AvgIpc) is 2.93. The summed E-state index contributed by atoms with van der Waals surface area (Å²) in [6.45, 7) is 6.52. The smallest absolute Gasteiger partial charge is 0.270 e. The van der Waals surface area contributed by atoms with E-state index in [1.807, 2.05) is 13.0 Å². The maximum Gasteiger partial charge on any atom is 0.270 e. The molecule has 0 aromatic carbocycles. The maximum atomic E-state index is 12.6. The maximum absolute atomic E-state index is 12.6. The van der Waals surface area contributed by atoms with Crippen LogP contribution in [0.25, 0.3) is 6.08 Å². The largest absolute Gasteiger partial charge is 0.378 e. The summed E-state index contributed by atoms with van der Waals surface area (Å²) in [6.07, 6.45) is 1.76. The van der Waals surface area contributed by atoms with E-state index in [1.165, 1.54) is 16.3 Å². The van der Waals surface area contributed by atoms with Crippen LogP contribution in [0, 0.1) is 18.3 Å². The van der Waals surface area contributed by atoms with Crippen LogP contribution in [-0.2, 0) is 16.6 Å². The number of pyridine rings is 1. The lowest BCUT2D eigenvalue weighted by atomic mass is 10.0. The molecule has 2 aliphatic rings. The first-order valence-electron chi connectivity index (χ1n) is 8.62. The Morgan fingerprint density at radius 1 is 1.33 bits per heavy atom. The second-order valence-electron chi connectivity index (χ2n) is 6.24. The van der Waals surface area contributed by atoms with Gasteiger partial charge in [0.05, 0.1) is 18.1 Å². The van der Waals surface area contributed by atoms with Crippen LogP contribution < -0.4 is 10.5 Å². The van der Waals surface area contributed by atoms with Crippen molar-refractivity contribution in [3.8, 4) is 6.07 Å². The summed E-state index contributed by atoms with van der Waals surface area (Å²) >= 11 is 6.53. The highest BCUT2D eigenvalue weighted by Gasteiger charge is 2.32. The highest BCUT2D eigenvalue weighted by Crippen LogP contribution is 2.35. The first-order chi connectivity index (χ1) is 12.9. The first kappa shape index (κ1) is 19.6. The van der Waals surface area contributed by atoms with Gasteiger partial charge < -0.3 is 9.64 Å². The van der Waals surface area contributed by atoms with Crippen molar-refractivity contribution in [2.45, 2.75) is 13.8 Å². The number of anilines is 1. The van der Waals surface area contributed by atoms with Crippen molar-refractivity contribution in [1.29, 1.82) is 5.26 Å². The Morgan fingerprint density at radius 3 is 2.56 bits per heavy atom. The predicted molar refractivity (Wildman–Crippen MR) is 110 cm³/mol. The van der Waals surface area contributed by atoms with Crippen molar-refractivity contribution >= 4 is 46.1 Å². The number of aromatic nitrogens is 1. The lowest BCUT2D eigenvalue weighted by molar-refractivity contribution is -0.121. The molecule has 0 saturated carbocycles. The van der Waals surface area contributed by atoms with Crippen molar-refractivity contribution in [3.63, 3.8) is 0 Å². The highest BCUT2D eigenvalue weighted by atomic mass is 32.2. The van der Waals surface area contributed by atoms with E-state index in [2.05, 4.69) is 4.90 Å². The van der Waals surface area contributed by atoms with Gasteiger partial charge in [-0.25, -0.2) is 0 Å². The van der Waals surface area contributed by atoms with Crippen LogP contribution >= 0.6 is 24.0 Å². The Kier molecular flexibility index (Phi) is 5.69. The molecule has 0 spiro atoms. The number of hydrogen-bond acceptors (Lipinski definition) is 7. The molecule has 2 fully saturated rings. The summed E-state index contributed by atoms with van der Waals surface area (Å²) in [5.41, 5.74) is 1.03. The van der Waals surface area contributed by atoms with Gasteiger partial charge in [0.1, 0.15) is 21.8 Å². The molecule has 3 heterocycles. The molecule has 1 amide bonds. The highest BCUT2D eigenvalue weighted by molar-refractivity contribution is 8.26. The number of likely N-dealkylation sites (N-methyl/N-ethyl adjacent to an activating group) is 1. The van der Waals surface area contributed by atoms with Gasteiger partial charge in [0, 0.05) is 32.2 Å². The van der Waals surface area contributed by atoms with Gasteiger partial charge in [0.2, 0.25) is 0 Å². The van der Waals surface area contributed by atoms with Gasteiger partial charge in [-0.3, -0.25) is 19.1 Å². The number of thioether (sulfide) groups is 1. The van der Waals surface area contributed by atoms with Crippen molar-refractivity contribution < 1.29 is 9.53 Å². The van der Waals surface area contributed by atoms with Crippen molar-refractivity contribution in [2.75, 3.05) is 37.7 Å². The topological polar surface area (TPSA) is 78.6 Å². The summed E-state index contributed by atoms with van der Waals surface area (Å²) in [7, 11) is 1.65. The zero-order valence-electron chi connectivity index (χ0n) is 15.4. The molecule has 1 aromatic heterocycles. The van der Waals surface area contributed by atoms with E-state index in [0.29, 0.717) is 59.0 Å². The Hall–Kier alpha value is -2.15. The SMILES string of the molecule is CCN1C(=O)/C(=C\c2c(C)c(C#N)c(=O)n(C)c2N2CCOCC2)SC1=S. The number of hydrogen-bond donors (Lipinski definition) is 0. The van der Waals surface area contributed by atoms with Gasteiger partial charge in [-0.05, 0) is 25.5 Å². The molecular formula is C18H20N4O3S2. The minimum Gasteiger partial charge on any atom is -0.378 e. The number of rotatable bonds is 3. The molecule has 0 N–H and O–H groups in total. The Labute approximate surface area is 167 Å². The summed E-state index contributed by atoms with van der Waals surface area (Å²) in [4.78, 5) is 29.4. The van der Waals surface area contributed by atoms with Crippen LogP contribution in [0.5, 0.6) is 0 Å². The summed E-state index contributed by atoms with van der Waals surface area (Å²) in [5, 5.41) is 9.47. The van der Waals surface area contributed by atoms with Crippen LogP contribution in [0.15, 0.2) is 9.70 Å². The van der Waals surface area contributed by atoms with E-state index in [9.17, 15) is 14.9 Å². The number of amides is 1. The van der Waals surface area contributed by atoms with E-state index in [4.69, 9.17) is 17.0 Å². The number of nitriles is 1. The minimum absolute atomic E-state index is 0.0896. The molecule has 1 aromatic rings. The van der Waals surface area contributed by atoms with Crippen LogP contribution in [0.2, 0.25) is 0 Å². The second-order valence-corrected chi connectivity index (χ2v) is 7.91. The zero-order chi connectivity index (χ0) is 19.7. The van der Waals surface area contributed by atoms with Gasteiger partial charge in [-0.15, -0.1) is 0 Å². The van der Waals surface area contributed by atoms with Crippen molar-refractivity contribution in [3.05, 3.63) is 31.9 Å². The van der Waals surface area contributed by atoms with Crippen LogP contribution in [-0.4, -0.2) is 52.5 Å². The standard InChI is InChI=1S/C18H20N4O3S2/c1-4-22-17(24)14(27-18(22)26)9-12-11(2)13(10-19)16(23)20(3)15(12)21-5-7-25-8-6-21/h9H,4-8H2,1-3H3/b14-9+. The molecule has 27 heavy (non-hydrogen) atoms. The van der Waals surface area contributed by atoms with Gasteiger partial charge in [-0.2, -0.15) is 5.26 Å². The molecule has 2 saturated heterocycles. The lowest BCUT2D eigenvalue weighted by Gasteiger charge is -2.32. The fraction of sp³-hybridized carbons (Fsp3) is 0.444. The molecule has 0 bridgehead atoms. The van der Waals surface area contributed by atoms with Gasteiger partial charge in [0.15, 0.2) is 0 Å². The monoisotopic (exact) mass is 404 g/mol. The molecule has 0 atom stereocenters. The first-order valence-corrected chi connectivity index (χ1v) is 9.84. The third-order valence-corrected chi connectivity index (χ3v) is 6.12. The zero-order valence-corrected chi connectivity index (χ0v) is 17.1. The number of morpholine rings is 1. The van der Waals surface area contributed by atoms with Crippen LogP contribution in [0.4, 0.5) is 5.82 Å². The van der Waals surface area contributed by atoms with E-state index >= 15 is 0 Å². The molecule has 9 heteroatoms. The van der Waals surface area contributed by atoms with E-state index in [1.54, 1.807) is 24.9 Å². The number of ether oxygens (including phenoxy) is 1. The number of nitrogens with zero attached hydrogens (tertiary/aromatic N) is 4.